The van der Waals surface area contributed by atoms with Crippen molar-refractivity contribution in [1.29, 1.82) is 0 Å². The average Bonchev–Trinajstić information content (AvgIpc) is 2.96. The van der Waals surface area contributed by atoms with Crippen molar-refractivity contribution in [3.63, 3.8) is 0 Å². The van der Waals surface area contributed by atoms with Crippen molar-refractivity contribution >= 4 is 23.1 Å². The molecule has 0 atom stereocenters. The Labute approximate surface area is 119 Å². The minimum absolute atomic E-state index is 0.682. The minimum atomic E-state index is 0.682. The second-order valence-corrected chi connectivity index (χ2v) is 5.53. The smallest absolute Gasteiger partial charge is 0.188 e. The lowest BCUT2D eigenvalue weighted by Gasteiger charge is -1.97. The van der Waals surface area contributed by atoms with Crippen LogP contribution in [0, 0.1) is 0 Å². The highest BCUT2D eigenvalue weighted by atomic mass is 32.2. The number of nitrogens with zero attached hydrogens (tertiary/aromatic N) is 4. The van der Waals surface area contributed by atoms with Gasteiger partial charge in [0.2, 0.25) is 0 Å². The van der Waals surface area contributed by atoms with E-state index in [1.807, 2.05) is 23.6 Å². The molecule has 0 fully saturated rings. The van der Waals surface area contributed by atoms with Crippen molar-refractivity contribution in [2.45, 2.75) is 10.8 Å². The largest absolute Gasteiger partial charge is 0.250 e. The van der Waals surface area contributed by atoms with Gasteiger partial charge in [0, 0.05) is 29.7 Å². The molecule has 0 unspecified atom stereocenters. The number of hydrogen-bond acceptors (Lipinski definition) is 6. The van der Waals surface area contributed by atoms with E-state index in [-0.39, 0.29) is 0 Å². The van der Waals surface area contributed by atoms with Crippen molar-refractivity contribution in [3.8, 4) is 10.8 Å². The highest BCUT2D eigenvalue weighted by molar-refractivity contribution is 7.98. The highest BCUT2D eigenvalue weighted by Crippen LogP contribution is 2.24. The second-order valence-electron chi connectivity index (χ2n) is 3.67. The van der Waals surface area contributed by atoms with Crippen LogP contribution in [0.2, 0.25) is 0 Å². The van der Waals surface area contributed by atoms with Crippen LogP contribution in [-0.2, 0) is 5.75 Å². The van der Waals surface area contributed by atoms with Gasteiger partial charge in [0.25, 0.3) is 0 Å². The maximum absolute atomic E-state index is 4.54. The van der Waals surface area contributed by atoms with Crippen LogP contribution >= 0.6 is 23.1 Å². The van der Waals surface area contributed by atoms with Crippen molar-refractivity contribution in [2.75, 3.05) is 0 Å². The summed E-state index contributed by atoms with van der Waals surface area (Å²) in [6, 6.07) is 7.70. The van der Waals surface area contributed by atoms with E-state index < -0.39 is 0 Å². The SMILES string of the molecule is c1ccc(SCc2csc(-c3ncccn3)n2)nc1. The van der Waals surface area contributed by atoms with Crippen LogP contribution in [0.4, 0.5) is 0 Å². The van der Waals surface area contributed by atoms with Gasteiger partial charge in [0.05, 0.1) is 10.7 Å². The Morgan fingerprint density at radius 3 is 2.63 bits per heavy atom. The van der Waals surface area contributed by atoms with Crippen LogP contribution in [-0.4, -0.2) is 19.9 Å². The average molecular weight is 286 g/mol. The van der Waals surface area contributed by atoms with E-state index in [0.717, 1.165) is 21.5 Å². The summed E-state index contributed by atoms with van der Waals surface area (Å²) in [5.41, 5.74) is 1.03. The van der Waals surface area contributed by atoms with Crippen molar-refractivity contribution < 1.29 is 0 Å². The molecule has 19 heavy (non-hydrogen) atoms. The monoisotopic (exact) mass is 286 g/mol. The summed E-state index contributed by atoms with van der Waals surface area (Å²) in [5.74, 6) is 1.49. The van der Waals surface area contributed by atoms with E-state index in [1.54, 1.807) is 47.8 Å². The molecule has 0 aliphatic carbocycles. The Kier molecular flexibility index (Phi) is 3.81. The Balaban J connectivity index is 1.69. The zero-order valence-corrected chi connectivity index (χ0v) is 11.6. The van der Waals surface area contributed by atoms with Gasteiger partial charge in [-0.1, -0.05) is 6.07 Å². The predicted octanol–water partition coefficient (Wildman–Crippen LogP) is 3.29. The molecule has 3 aromatic heterocycles. The lowest BCUT2D eigenvalue weighted by molar-refractivity contribution is 1.12. The maximum atomic E-state index is 4.54. The molecule has 4 nitrogen and oxygen atoms in total. The van der Waals surface area contributed by atoms with Gasteiger partial charge in [-0.25, -0.2) is 19.9 Å². The summed E-state index contributed by atoms with van der Waals surface area (Å²) in [4.78, 5) is 17.2. The van der Waals surface area contributed by atoms with E-state index in [2.05, 4.69) is 19.9 Å². The fourth-order valence-electron chi connectivity index (χ4n) is 1.47. The molecule has 3 heterocycles. The molecule has 0 spiro atoms. The van der Waals surface area contributed by atoms with Crippen LogP contribution in [0.1, 0.15) is 5.69 Å². The molecule has 0 aliphatic heterocycles. The van der Waals surface area contributed by atoms with Gasteiger partial charge >= 0.3 is 0 Å². The first-order valence-corrected chi connectivity index (χ1v) is 7.54. The summed E-state index contributed by atoms with van der Waals surface area (Å²) in [5, 5.41) is 3.91. The molecular formula is C13H10N4S2. The van der Waals surface area contributed by atoms with E-state index >= 15 is 0 Å². The molecule has 3 aromatic rings. The highest BCUT2D eigenvalue weighted by Gasteiger charge is 2.07. The Bertz CT molecular complexity index is 640. The van der Waals surface area contributed by atoms with E-state index in [1.165, 1.54) is 0 Å². The van der Waals surface area contributed by atoms with Crippen LogP contribution < -0.4 is 0 Å². The minimum Gasteiger partial charge on any atom is -0.250 e. The summed E-state index contributed by atoms with van der Waals surface area (Å²) in [7, 11) is 0. The first kappa shape index (κ1) is 12.3. The van der Waals surface area contributed by atoms with E-state index in [0.29, 0.717) is 5.82 Å². The quantitative estimate of drug-likeness (QED) is 0.689. The van der Waals surface area contributed by atoms with E-state index in [4.69, 9.17) is 0 Å². The van der Waals surface area contributed by atoms with Crippen molar-refractivity contribution in [3.05, 3.63) is 53.9 Å². The van der Waals surface area contributed by atoms with Gasteiger partial charge in [-0.2, -0.15) is 0 Å². The normalized spacial score (nSPS) is 10.5. The molecule has 0 saturated heterocycles. The van der Waals surface area contributed by atoms with Crippen molar-refractivity contribution in [1.82, 2.24) is 19.9 Å². The molecule has 3 rings (SSSR count). The first-order valence-electron chi connectivity index (χ1n) is 5.67. The van der Waals surface area contributed by atoms with Gasteiger partial charge in [0.1, 0.15) is 0 Å². The fraction of sp³-hybridized carbons (Fsp3) is 0.0769. The number of aromatic nitrogens is 4. The molecule has 0 amide bonds. The topological polar surface area (TPSA) is 51.6 Å². The third-order valence-corrected chi connectivity index (χ3v) is 4.18. The predicted molar refractivity (Wildman–Crippen MR) is 76.9 cm³/mol. The number of rotatable bonds is 4. The van der Waals surface area contributed by atoms with Gasteiger partial charge in [-0.15, -0.1) is 23.1 Å². The first-order chi connectivity index (χ1) is 9.42. The Hall–Kier alpha value is -1.79. The zero-order valence-electron chi connectivity index (χ0n) is 9.93. The summed E-state index contributed by atoms with van der Waals surface area (Å²) in [6.45, 7) is 0. The summed E-state index contributed by atoms with van der Waals surface area (Å²) < 4.78 is 0. The molecule has 0 saturated carbocycles. The molecular weight excluding hydrogens is 276 g/mol. The second kappa shape index (κ2) is 5.90. The lowest BCUT2D eigenvalue weighted by atomic mass is 10.5. The molecule has 6 heteroatoms. The third-order valence-electron chi connectivity index (χ3n) is 2.31. The molecule has 94 valence electrons. The standard InChI is InChI=1S/C13H10N4S2/c1-2-5-14-11(4-1)18-8-10-9-19-13(17-10)12-15-6-3-7-16-12/h1-7,9H,8H2. The van der Waals surface area contributed by atoms with Gasteiger partial charge in [-0.3, -0.25) is 0 Å². The van der Waals surface area contributed by atoms with Gasteiger partial charge in [0.15, 0.2) is 10.8 Å². The maximum Gasteiger partial charge on any atom is 0.188 e. The van der Waals surface area contributed by atoms with Crippen LogP contribution in [0.5, 0.6) is 0 Å². The third kappa shape index (κ3) is 3.15. The number of hydrogen-bond donors (Lipinski definition) is 0. The zero-order chi connectivity index (χ0) is 12.9. The number of thioether (sulfide) groups is 1. The molecule has 0 N–H and O–H groups in total. The molecule has 0 aliphatic rings. The number of thiazole rings is 1. The molecule has 0 aromatic carbocycles. The van der Waals surface area contributed by atoms with Crippen LogP contribution in [0.15, 0.2) is 53.3 Å². The fourth-order valence-corrected chi connectivity index (χ4v) is 3.09. The lowest BCUT2D eigenvalue weighted by Crippen LogP contribution is -1.87. The Morgan fingerprint density at radius 2 is 1.84 bits per heavy atom. The molecule has 0 radical (unpaired) electrons. The van der Waals surface area contributed by atoms with Crippen LogP contribution in [0.3, 0.4) is 0 Å². The summed E-state index contributed by atoms with van der Waals surface area (Å²) >= 11 is 3.24. The van der Waals surface area contributed by atoms with Crippen LogP contribution in [0.25, 0.3) is 10.8 Å². The van der Waals surface area contributed by atoms with Gasteiger partial charge in [-0.05, 0) is 18.2 Å². The van der Waals surface area contributed by atoms with Gasteiger partial charge < -0.3 is 0 Å². The Morgan fingerprint density at radius 1 is 1.00 bits per heavy atom. The summed E-state index contributed by atoms with van der Waals surface area (Å²) in [6.07, 6.45) is 5.25. The molecule has 0 bridgehead atoms. The van der Waals surface area contributed by atoms with Crippen molar-refractivity contribution in [2.24, 2.45) is 0 Å². The number of pyridine rings is 1. The van der Waals surface area contributed by atoms with E-state index in [9.17, 15) is 0 Å².